The highest BCUT2D eigenvalue weighted by molar-refractivity contribution is 5.90. The van der Waals surface area contributed by atoms with E-state index in [1.165, 1.54) is 19.1 Å². The van der Waals surface area contributed by atoms with Crippen molar-refractivity contribution in [1.82, 2.24) is 5.32 Å². The number of aliphatic hydroxyl groups excluding tert-OH is 1. The van der Waals surface area contributed by atoms with Crippen LogP contribution in [-0.4, -0.2) is 17.7 Å². The standard InChI is InChI=1S/C18H19F3N2O2/c1-12-6-3-4-9-15(12)22-16(25)23-17(2,11-24)13-7-5-8-14(10-13)18(19,20)21/h3-10,24H,11H2,1-2H3,(H2,22,23,25). The van der Waals surface area contributed by atoms with Crippen molar-refractivity contribution in [3.05, 3.63) is 65.2 Å². The van der Waals surface area contributed by atoms with Crippen LogP contribution in [0.5, 0.6) is 0 Å². The zero-order chi connectivity index (χ0) is 18.7. The van der Waals surface area contributed by atoms with Crippen LogP contribution >= 0.6 is 0 Å². The number of hydrogen-bond donors (Lipinski definition) is 3. The molecule has 134 valence electrons. The summed E-state index contributed by atoms with van der Waals surface area (Å²) in [7, 11) is 0. The van der Waals surface area contributed by atoms with E-state index >= 15 is 0 Å². The van der Waals surface area contributed by atoms with E-state index in [1.54, 1.807) is 12.1 Å². The van der Waals surface area contributed by atoms with Crippen molar-refractivity contribution in [3.8, 4) is 0 Å². The fourth-order valence-corrected chi connectivity index (χ4v) is 2.36. The van der Waals surface area contributed by atoms with Gasteiger partial charge in [0.25, 0.3) is 0 Å². The molecule has 1 unspecified atom stereocenters. The number of carbonyl (C=O) groups excluding carboxylic acids is 1. The minimum Gasteiger partial charge on any atom is -0.394 e. The first kappa shape index (κ1) is 18.8. The van der Waals surface area contributed by atoms with Crippen LogP contribution in [0.2, 0.25) is 0 Å². The predicted molar refractivity (Wildman–Crippen MR) is 89.2 cm³/mol. The summed E-state index contributed by atoms with van der Waals surface area (Å²) in [5, 5.41) is 14.9. The molecular weight excluding hydrogens is 333 g/mol. The van der Waals surface area contributed by atoms with Crippen molar-refractivity contribution in [2.75, 3.05) is 11.9 Å². The Kier molecular flexibility index (Phi) is 5.37. The number of urea groups is 1. The highest BCUT2D eigenvalue weighted by Crippen LogP contribution is 2.32. The molecule has 2 aromatic carbocycles. The van der Waals surface area contributed by atoms with Gasteiger partial charge in [-0.1, -0.05) is 30.3 Å². The molecule has 25 heavy (non-hydrogen) atoms. The summed E-state index contributed by atoms with van der Waals surface area (Å²) in [6, 6.07) is 11.0. The fraction of sp³-hybridized carbons (Fsp3) is 0.278. The molecular formula is C18H19F3N2O2. The highest BCUT2D eigenvalue weighted by Gasteiger charge is 2.34. The molecule has 0 aliphatic carbocycles. The molecule has 0 aliphatic rings. The SMILES string of the molecule is Cc1ccccc1NC(=O)NC(C)(CO)c1cccc(C(F)(F)F)c1. The van der Waals surface area contributed by atoms with Crippen LogP contribution in [0, 0.1) is 6.92 Å². The second-order valence-electron chi connectivity index (χ2n) is 5.96. The number of aliphatic hydroxyl groups is 1. The van der Waals surface area contributed by atoms with Gasteiger partial charge in [0.1, 0.15) is 0 Å². The molecule has 0 saturated heterocycles. The van der Waals surface area contributed by atoms with E-state index in [1.807, 2.05) is 19.1 Å². The molecule has 2 aromatic rings. The first-order chi connectivity index (χ1) is 11.7. The summed E-state index contributed by atoms with van der Waals surface area (Å²) in [5.41, 5.74) is -0.643. The molecule has 0 heterocycles. The number of amides is 2. The molecule has 0 spiro atoms. The Morgan fingerprint density at radius 2 is 1.72 bits per heavy atom. The number of para-hydroxylation sites is 1. The van der Waals surface area contributed by atoms with Gasteiger partial charge in [0.05, 0.1) is 17.7 Å². The first-order valence-corrected chi connectivity index (χ1v) is 7.59. The second-order valence-corrected chi connectivity index (χ2v) is 5.96. The Balaban J connectivity index is 2.23. The molecule has 2 rings (SSSR count). The minimum atomic E-state index is -4.50. The van der Waals surface area contributed by atoms with Gasteiger partial charge >= 0.3 is 12.2 Å². The van der Waals surface area contributed by atoms with Crippen LogP contribution < -0.4 is 10.6 Å². The summed E-state index contributed by atoms with van der Waals surface area (Å²) >= 11 is 0. The number of nitrogens with one attached hydrogen (secondary N) is 2. The lowest BCUT2D eigenvalue weighted by molar-refractivity contribution is -0.137. The largest absolute Gasteiger partial charge is 0.416 e. The van der Waals surface area contributed by atoms with Gasteiger partial charge in [0.15, 0.2) is 0 Å². The maximum absolute atomic E-state index is 12.9. The van der Waals surface area contributed by atoms with Crippen LogP contribution in [0.1, 0.15) is 23.6 Å². The summed E-state index contributed by atoms with van der Waals surface area (Å²) < 4.78 is 38.7. The van der Waals surface area contributed by atoms with Gasteiger partial charge in [-0.05, 0) is 43.2 Å². The van der Waals surface area contributed by atoms with Gasteiger partial charge in [-0.3, -0.25) is 0 Å². The molecule has 7 heteroatoms. The normalized spacial score (nSPS) is 13.8. The Labute approximate surface area is 143 Å². The number of alkyl halides is 3. The minimum absolute atomic E-state index is 0.157. The molecule has 0 aliphatic heterocycles. The summed E-state index contributed by atoms with van der Waals surface area (Å²) in [4.78, 5) is 12.2. The number of carbonyl (C=O) groups is 1. The molecule has 1 atom stereocenters. The monoisotopic (exact) mass is 352 g/mol. The van der Waals surface area contributed by atoms with E-state index in [9.17, 15) is 23.1 Å². The highest BCUT2D eigenvalue weighted by atomic mass is 19.4. The van der Waals surface area contributed by atoms with Crippen LogP contribution in [0.25, 0.3) is 0 Å². The summed E-state index contributed by atoms with van der Waals surface area (Å²) in [6.45, 7) is 2.71. The smallest absolute Gasteiger partial charge is 0.394 e. The Morgan fingerprint density at radius 1 is 1.08 bits per heavy atom. The number of benzene rings is 2. The fourth-order valence-electron chi connectivity index (χ4n) is 2.36. The molecule has 2 amide bonds. The van der Waals surface area contributed by atoms with E-state index in [4.69, 9.17) is 0 Å². The van der Waals surface area contributed by atoms with E-state index in [2.05, 4.69) is 10.6 Å². The molecule has 0 saturated carbocycles. The molecule has 0 bridgehead atoms. The summed E-state index contributed by atoms with van der Waals surface area (Å²) in [5.74, 6) is 0. The van der Waals surface area contributed by atoms with E-state index in [-0.39, 0.29) is 5.56 Å². The van der Waals surface area contributed by atoms with Crippen molar-refractivity contribution in [1.29, 1.82) is 0 Å². The first-order valence-electron chi connectivity index (χ1n) is 7.59. The van der Waals surface area contributed by atoms with Gasteiger partial charge < -0.3 is 15.7 Å². The van der Waals surface area contributed by atoms with E-state index in [0.29, 0.717) is 5.69 Å². The van der Waals surface area contributed by atoms with Crippen LogP contribution in [0.3, 0.4) is 0 Å². The topological polar surface area (TPSA) is 61.4 Å². The van der Waals surface area contributed by atoms with Crippen molar-refractivity contribution in [2.45, 2.75) is 25.6 Å². The number of anilines is 1. The van der Waals surface area contributed by atoms with E-state index in [0.717, 1.165) is 17.7 Å². The van der Waals surface area contributed by atoms with Gasteiger partial charge in [-0.2, -0.15) is 13.2 Å². The Bertz CT molecular complexity index is 762. The lowest BCUT2D eigenvalue weighted by Crippen LogP contribution is -2.48. The van der Waals surface area contributed by atoms with Crippen molar-refractivity contribution < 1.29 is 23.1 Å². The quantitative estimate of drug-likeness (QED) is 0.778. The number of rotatable bonds is 4. The maximum Gasteiger partial charge on any atom is 0.416 e. The lowest BCUT2D eigenvalue weighted by atomic mass is 9.91. The van der Waals surface area contributed by atoms with Crippen molar-refractivity contribution >= 4 is 11.7 Å². The van der Waals surface area contributed by atoms with Crippen LogP contribution in [0.4, 0.5) is 23.7 Å². The third-order valence-electron chi connectivity index (χ3n) is 3.93. The van der Waals surface area contributed by atoms with E-state index < -0.39 is 29.9 Å². The number of hydrogen-bond acceptors (Lipinski definition) is 2. The average Bonchev–Trinajstić information content (AvgIpc) is 2.56. The second kappa shape index (κ2) is 7.14. The molecule has 4 nitrogen and oxygen atoms in total. The van der Waals surface area contributed by atoms with Crippen molar-refractivity contribution in [2.24, 2.45) is 0 Å². The molecule has 0 radical (unpaired) electrons. The maximum atomic E-state index is 12.9. The predicted octanol–water partition coefficient (Wildman–Crippen LogP) is 4.04. The zero-order valence-electron chi connectivity index (χ0n) is 13.8. The van der Waals surface area contributed by atoms with Crippen molar-refractivity contribution in [3.63, 3.8) is 0 Å². The third-order valence-corrected chi connectivity index (χ3v) is 3.93. The Morgan fingerprint density at radius 3 is 2.32 bits per heavy atom. The lowest BCUT2D eigenvalue weighted by Gasteiger charge is -2.30. The average molecular weight is 352 g/mol. The van der Waals surface area contributed by atoms with Crippen LogP contribution in [-0.2, 0) is 11.7 Å². The van der Waals surface area contributed by atoms with Gasteiger partial charge in [0.2, 0.25) is 0 Å². The molecule has 0 aromatic heterocycles. The molecule has 3 N–H and O–H groups in total. The number of aryl methyl sites for hydroxylation is 1. The van der Waals surface area contributed by atoms with Gasteiger partial charge in [0, 0.05) is 5.69 Å². The molecule has 0 fully saturated rings. The Hall–Kier alpha value is -2.54. The zero-order valence-corrected chi connectivity index (χ0v) is 13.8. The number of halogens is 3. The van der Waals surface area contributed by atoms with Gasteiger partial charge in [-0.15, -0.1) is 0 Å². The van der Waals surface area contributed by atoms with Gasteiger partial charge in [-0.25, -0.2) is 4.79 Å². The third kappa shape index (κ3) is 4.51. The van der Waals surface area contributed by atoms with Crippen LogP contribution in [0.15, 0.2) is 48.5 Å². The summed E-state index contributed by atoms with van der Waals surface area (Å²) in [6.07, 6.45) is -4.50.